The molecule has 0 spiro atoms. The van der Waals surface area contributed by atoms with Gasteiger partial charge in [0.15, 0.2) is 0 Å². The van der Waals surface area contributed by atoms with Gasteiger partial charge in [0.25, 0.3) is 5.91 Å². The number of nitrogens with one attached hydrogen (secondary N) is 2. The molecule has 4 rings (SSSR count). The zero-order chi connectivity index (χ0) is 18.3. The molecule has 1 amide bonds. The fourth-order valence-corrected chi connectivity index (χ4v) is 4.08. The number of para-hydroxylation sites is 1. The maximum atomic E-state index is 12.7. The Bertz CT molecular complexity index is 944. The predicted molar refractivity (Wildman–Crippen MR) is 97.8 cm³/mol. The highest BCUT2D eigenvalue weighted by Gasteiger charge is 2.36. The van der Waals surface area contributed by atoms with E-state index in [2.05, 4.69) is 20.5 Å². The largest absolute Gasteiger partial charge is 0.393 e. The second-order valence-corrected chi connectivity index (χ2v) is 7.18. The first-order valence-electron chi connectivity index (χ1n) is 8.92. The number of H-pyrrole nitrogens is 1. The van der Waals surface area contributed by atoms with Crippen LogP contribution in [-0.4, -0.2) is 43.4 Å². The van der Waals surface area contributed by atoms with Crippen molar-refractivity contribution in [2.45, 2.75) is 31.8 Å². The number of fused-ring (bicyclic) bond motifs is 1. The number of amides is 1. The van der Waals surface area contributed by atoms with Crippen LogP contribution in [0.2, 0.25) is 0 Å². The number of aromatic nitrogens is 4. The molecule has 0 aliphatic heterocycles. The monoisotopic (exact) mass is 353 g/mol. The SMILES string of the molecule is Cc1[nH]c2ccccc2c1C(=O)NC[C@H]1C[C@H](c2nncn2C)C[C@H]1O. The second-order valence-electron chi connectivity index (χ2n) is 7.18. The van der Waals surface area contributed by atoms with Gasteiger partial charge in [-0.3, -0.25) is 4.79 Å². The van der Waals surface area contributed by atoms with E-state index in [9.17, 15) is 9.90 Å². The molecule has 1 aromatic carbocycles. The smallest absolute Gasteiger partial charge is 0.253 e. The van der Waals surface area contributed by atoms with Crippen LogP contribution in [0, 0.1) is 12.8 Å². The summed E-state index contributed by atoms with van der Waals surface area (Å²) >= 11 is 0. The molecule has 26 heavy (non-hydrogen) atoms. The highest BCUT2D eigenvalue weighted by molar-refractivity contribution is 6.08. The molecule has 0 bridgehead atoms. The van der Waals surface area contributed by atoms with Crippen LogP contribution in [0.15, 0.2) is 30.6 Å². The topological polar surface area (TPSA) is 95.8 Å². The molecular formula is C19H23N5O2. The van der Waals surface area contributed by atoms with Crippen LogP contribution >= 0.6 is 0 Å². The summed E-state index contributed by atoms with van der Waals surface area (Å²) in [6.45, 7) is 2.36. The van der Waals surface area contributed by atoms with Crippen LogP contribution in [0.5, 0.6) is 0 Å². The molecule has 1 fully saturated rings. The van der Waals surface area contributed by atoms with Gasteiger partial charge >= 0.3 is 0 Å². The number of aliphatic hydroxyl groups excluding tert-OH is 1. The average molecular weight is 353 g/mol. The second kappa shape index (κ2) is 6.57. The maximum Gasteiger partial charge on any atom is 0.253 e. The third-order valence-corrected chi connectivity index (χ3v) is 5.41. The van der Waals surface area contributed by atoms with E-state index in [0.717, 1.165) is 28.8 Å². The first kappa shape index (κ1) is 16.8. The summed E-state index contributed by atoms with van der Waals surface area (Å²) in [7, 11) is 1.91. The van der Waals surface area contributed by atoms with E-state index in [1.807, 2.05) is 42.8 Å². The van der Waals surface area contributed by atoms with E-state index in [1.54, 1.807) is 6.33 Å². The van der Waals surface area contributed by atoms with Crippen molar-refractivity contribution in [1.29, 1.82) is 0 Å². The summed E-state index contributed by atoms with van der Waals surface area (Å²) in [4.78, 5) is 16.0. The Hall–Kier alpha value is -2.67. The molecule has 3 atom stereocenters. The minimum atomic E-state index is -0.443. The molecule has 2 heterocycles. The standard InChI is InChI=1S/C19H23N5O2/c1-11-17(14-5-3-4-6-15(14)22-11)19(26)20-9-13-7-12(8-16(13)25)18-23-21-10-24(18)2/h3-6,10,12-13,16,22,25H,7-9H2,1-2H3,(H,20,26)/t12-,13+,16+/m0/s1. The number of aryl methyl sites for hydroxylation is 2. The van der Waals surface area contributed by atoms with Gasteiger partial charge < -0.3 is 20.0 Å². The number of carbonyl (C=O) groups is 1. The quantitative estimate of drug-likeness (QED) is 0.667. The van der Waals surface area contributed by atoms with Crippen molar-refractivity contribution in [2.24, 2.45) is 13.0 Å². The summed E-state index contributed by atoms with van der Waals surface area (Å²) in [5.41, 5.74) is 2.49. The molecule has 0 saturated heterocycles. The Morgan fingerprint density at radius 2 is 2.19 bits per heavy atom. The van der Waals surface area contributed by atoms with E-state index >= 15 is 0 Å². The van der Waals surface area contributed by atoms with Gasteiger partial charge in [0, 0.05) is 42.0 Å². The van der Waals surface area contributed by atoms with Crippen molar-refractivity contribution >= 4 is 16.8 Å². The van der Waals surface area contributed by atoms with E-state index < -0.39 is 6.10 Å². The van der Waals surface area contributed by atoms with Gasteiger partial charge in [-0.1, -0.05) is 18.2 Å². The molecule has 0 unspecified atom stereocenters. The van der Waals surface area contributed by atoms with Gasteiger partial charge in [-0.15, -0.1) is 10.2 Å². The number of carbonyl (C=O) groups excluding carboxylic acids is 1. The summed E-state index contributed by atoms with van der Waals surface area (Å²) in [5.74, 6) is 0.986. The van der Waals surface area contributed by atoms with Crippen LogP contribution in [0.3, 0.4) is 0 Å². The normalized spacial score (nSPS) is 22.8. The lowest BCUT2D eigenvalue weighted by Gasteiger charge is -2.15. The Kier molecular flexibility index (Phi) is 4.24. The molecule has 136 valence electrons. The number of aromatic amines is 1. The number of hydrogen-bond donors (Lipinski definition) is 3. The zero-order valence-corrected chi connectivity index (χ0v) is 14.9. The zero-order valence-electron chi connectivity index (χ0n) is 14.9. The number of benzene rings is 1. The van der Waals surface area contributed by atoms with Gasteiger partial charge in [-0.05, 0) is 25.8 Å². The third-order valence-electron chi connectivity index (χ3n) is 5.41. The Balaban J connectivity index is 1.44. The van der Waals surface area contributed by atoms with Gasteiger partial charge in [0.2, 0.25) is 0 Å². The summed E-state index contributed by atoms with van der Waals surface area (Å²) in [6.07, 6.45) is 2.68. The van der Waals surface area contributed by atoms with Crippen molar-refractivity contribution in [3.8, 4) is 0 Å². The fourth-order valence-electron chi connectivity index (χ4n) is 4.08. The Morgan fingerprint density at radius 3 is 2.96 bits per heavy atom. The number of rotatable bonds is 4. The van der Waals surface area contributed by atoms with Crippen LogP contribution in [0.1, 0.15) is 40.6 Å². The van der Waals surface area contributed by atoms with E-state index in [-0.39, 0.29) is 17.7 Å². The van der Waals surface area contributed by atoms with Crippen molar-refractivity contribution < 1.29 is 9.90 Å². The molecule has 0 radical (unpaired) electrons. The molecule has 2 aromatic heterocycles. The molecule has 1 aliphatic rings. The van der Waals surface area contributed by atoms with Crippen molar-refractivity contribution in [3.63, 3.8) is 0 Å². The lowest BCUT2D eigenvalue weighted by Crippen LogP contribution is -2.32. The molecule has 1 aliphatic carbocycles. The minimum Gasteiger partial charge on any atom is -0.393 e. The lowest BCUT2D eigenvalue weighted by atomic mass is 10.0. The molecule has 1 saturated carbocycles. The average Bonchev–Trinajstić information content (AvgIpc) is 3.29. The molecule has 3 aromatic rings. The van der Waals surface area contributed by atoms with Gasteiger partial charge in [0.05, 0.1) is 11.7 Å². The number of hydrogen-bond acceptors (Lipinski definition) is 4. The van der Waals surface area contributed by atoms with Crippen LogP contribution in [0.4, 0.5) is 0 Å². The first-order valence-corrected chi connectivity index (χ1v) is 8.92. The lowest BCUT2D eigenvalue weighted by molar-refractivity contribution is 0.0918. The molecule has 7 nitrogen and oxygen atoms in total. The van der Waals surface area contributed by atoms with Gasteiger partial charge in [-0.25, -0.2) is 0 Å². The first-order chi connectivity index (χ1) is 12.5. The Morgan fingerprint density at radius 1 is 1.38 bits per heavy atom. The molecular weight excluding hydrogens is 330 g/mol. The highest BCUT2D eigenvalue weighted by atomic mass is 16.3. The maximum absolute atomic E-state index is 12.7. The molecule has 7 heteroatoms. The predicted octanol–water partition coefficient (Wildman–Crippen LogP) is 1.89. The number of nitrogens with zero attached hydrogens (tertiary/aromatic N) is 3. The highest BCUT2D eigenvalue weighted by Crippen LogP contribution is 2.37. The van der Waals surface area contributed by atoms with Crippen molar-refractivity contribution in [3.05, 3.63) is 47.7 Å². The summed E-state index contributed by atoms with van der Waals surface area (Å²) < 4.78 is 1.90. The molecule has 3 N–H and O–H groups in total. The van der Waals surface area contributed by atoms with Crippen LogP contribution in [0.25, 0.3) is 10.9 Å². The van der Waals surface area contributed by atoms with E-state index in [1.165, 1.54) is 0 Å². The van der Waals surface area contributed by atoms with Crippen molar-refractivity contribution in [1.82, 2.24) is 25.1 Å². The third kappa shape index (κ3) is 2.88. The van der Waals surface area contributed by atoms with Crippen molar-refractivity contribution in [2.75, 3.05) is 6.54 Å². The fraction of sp³-hybridized carbons (Fsp3) is 0.421. The minimum absolute atomic E-state index is 0.0196. The van der Waals surface area contributed by atoms with Gasteiger partial charge in [0.1, 0.15) is 12.2 Å². The van der Waals surface area contributed by atoms with E-state index in [0.29, 0.717) is 18.5 Å². The van der Waals surface area contributed by atoms with Gasteiger partial charge in [-0.2, -0.15) is 0 Å². The summed E-state index contributed by atoms with van der Waals surface area (Å²) in [6, 6.07) is 7.79. The summed E-state index contributed by atoms with van der Waals surface area (Å²) in [5, 5.41) is 22.4. The van der Waals surface area contributed by atoms with Crippen LogP contribution in [-0.2, 0) is 7.05 Å². The van der Waals surface area contributed by atoms with E-state index in [4.69, 9.17) is 0 Å². The van der Waals surface area contributed by atoms with Crippen LogP contribution < -0.4 is 5.32 Å². The Labute approximate surface area is 151 Å². The number of aliphatic hydroxyl groups is 1.